The Morgan fingerprint density at radius 2 is 2.10 bits per heavy atom. The number of nitrogens with zero attached hydrogens (tertiary/aromatic N) is 2. The highest BCUT2D eigenvalue weighted by Gasteiger charge is 2.22. The van der Waals surface area contributed by atoms with E-state index in [0.717, 1.165) is 51.9 Å². The Bertz CT molecular complexity index is 503. The van der Waals surface area contributed by atoms with Gasteiger partial charge in [0.1, 0.15) is 0 Å². The lowest BCUT2D eigenvalue weighted by Gasteiger charge is -2.25. The van der Waals surface area contributed by atoms with Crippen molar-refractivity contribution in [2.45, 2.75) is 38.1 Å². The lowest BCUT2D eigenvalue weighted by Crippen LogP contribution is -2.41. The van der Waals surface area contributed by atoms with Gasteiger partial charge in [0.25, 0.3) is 0 Å². The summed E-state index contributed by atoms with van der Waals surface area (Å²) in [6, 6.07) is 8.67. The van der Waals surface area contributed by atoms with Gasteiger partial charge in [0, 0.05) is 44.3 Å². The third kappa shape index (κ3) is 3.38. The average molecular weight is 287 g/mol. The quantitative estimate of drug-likeness (QED) is 0.922. The molecule has 4 heteroatoms. The van der Waals surface area contributed by atoms with E-state index < -0.39 is 0 Å². The Morgan fingerprint density at radius 3 is 3.00 bits per heavy atom. The minimum atomic E-state index is 0.156. The summed E-state index contributed by atoms with van der Waals surface area (Å²) in [5.74, 6) is 0.261. The molecule has 2 N–H and O–H groups in total. The zero-order valence-electron chi connectivity index (χ0n) is 12.6. The number of nitrogens with two attached hydrogens (primary N) is 1. The molecule has 1 aromatic rings. The zero-order chi connectivity index (χ0) is 14.7. The Morgan fingerprint density at radius 1 is 1.24 bits per heavy atom. The molecule has 4 nitrogen and oxygen atoms in total. The number of carbonyl (C=O) groups is 1. The smallest absolute Gasteiger partial charge is 0.224 e. The van der Waals surface area contributed by atoms with E-state index in [-0.39, 0.29) is 11.9 Å². The number of anilines is 1. The van der Waals surface area contributed by atoms with Gasteiger partial charge in [-0.3, -0.25) is 4.79 Å². The maximum absolute atomic E-state index is 12.4. The largest absolute Gasteiger partial charge is 0.370 e. The van der Waals surface area contributed by atoms with Gasteiger partial charge in [-0.1, -0.05) is 24.6 Å². The highest BCUT2D eigenvalue weighted by atomic mass is 16.2. The molecule has 0 aliphatic carbocycles. The molecule has 1 aromatic carbocycles. The molecule has 21 heavy (non-hydrogen) atoms. The molecule has 0 aromatic heterocycles. The van der Waals surface area contributed by atoms with E-state index in [1.807, 2.05) is 4.90 Å². The summed E-state index contributed by atoms with van der Waals surface area (Å²) in [4.78, 5) is 16.7. The summed E-state index contributed by atoms with van der Waals surface area (Å²) in [6.45, 7) is 3.46. The number of hydrogen-bond acceptors (Lipinski definition) is 3. The monoisotopic (exact) mass is 287 g/mol. The molecular weight excluding hydrogens is 262 g/mol. The van der Waals surface area contributed by atoms with Crippen LogP contribution in [0.4, 0.5) is 5.69 Å². The van der Waals surface area contributed by atoms with E-state index in [0.29, 0.717) is 6.42 Å². The van der Waals surface area contributed by atoms with E-state index in [1.165, 1.54) is 11.3 Å². The Hall–Kier alpha value is -1.55. The second-order valence-electron chi connectivity index (χ2n) is 6.21. The van der Waals surface area contributed by atoms with Gasteiger partial charge in [-0.15, -0.1) is 0 Å². The molecule has 1 atom stereocenters. The van der Waals surface area contributed by atoms with E-state index in [9.17, 15) is 4.79 Å². The number of rotatable bonds is 3. The molecule has 3 rings (SSSR count). The molecule has 0 bridgehead atoms. The van der Waals surface area contributed by atoms with Crippen LogP contribution < -0.4 is 10.6 Å². The molecule has 2 aliphatic heterocycles. The van der Waals surface area contributed by atoms with Gasteiger partial charge in [0.2, 0.25) is 5.91 Å². The van der Waals surface area contributed by atoms with Crippen LogP contribution in [0, 0.1) is 0 Å². The van der Waals surface area contributed by atoms with Gasteiger partial charge in [-0.25, -0.2) is 0 Å². The first-order valence-electron chi connectivity index (χ1n) is 8.10. The van der Waals surface area contributed by atoms with Crippen molar-refractivity contribution < 1.29 is 4.79 Å². The van der Waals surface area contributed by atoms with Crippen LogP contribution in [0.15, 0.2) is 24.3 Å². The van der Waals surface area contributed by atoms with Crippen molar-refractivity contribution >= 4 is 11.6 Å². The maximum atomic E-state index is 12.4. The molecule has 0 radical (unpaired) electrons. The highest BCUT2D eigenvalue weighted by Crippen LogP contribution is 2.27. The SMILES string of the molecule is NC1CCCCN(C(=O)CCN2CCc3ccccc32)C1. The molecule has 2 heterocycles. The fourth-order valence-electron chi connectivity index (χ4n) is 3.43. The third-order valence-corrected chi connectivity index (χ3v) is 4.64. The summed E-state index contributed by atoms with van der Waals surface area (Å²) in [6.07, 6.45) is 4.97. The molecule has 1 fully saturated rings. The predicted molar refractivity (Wildman–Crippen MR) is 85.4 cm³/mol. The van der Waals surface area contributed by atoms with Gasteiger partial charge in [0.05, 0.1) is 0 Å². The highest BCUT2D eigenvalue weighted by molar-refractivity contribution is 5.77. The number of amides is 1. The van der Waals surface area contributed by atoms with Crippen LogP contribution in [0.1, 0.15) is 31.2 Å². The second kappa shape index (κ2) is 6.48. The molecule has 1 saturated heterocycles. The van der Waals surface area contributed by atoms with Crippen molar-refractivity contribution in [3.8, 4) is 0 Å². The van der Waals surface area contributed by atoms with Crippen LogP contribution >= 0.6 is 0 Å². The van der Waals surface area contributed by atoms with E-state index in [1.54, 1.807) is 0 Å². The Kier molecular flexibility index (Phi) is 4.44. The molecule has 1 unspecified atom stereocenters. The van der Waals surface area contributed by atoms with Gasteiger partial charge in [-0.05, 0) is 30.9 Å². The van der Waals surface area contributed by atoms with Gasteiger partial charge in [0.15, 0.2) is 0 Å². The first-order valence-corrected chi connectivity index (χ1v) is 8.10. The zero-order valence-corrected chi connectivity index (χ0v) is 12.6. The number of carbonyl (C=O) groups excluding carboxylic acids is 1. The topological polar surface area (TPSA) is 49.6 Å². The fraction of sp³-hybridized carbons (Fsp3) is 0.588. The fourth-order valence-corrected chi connectivity index (χ4v) is 3.43. The van der Waals surface area contributed by atoms with Crippen molar-refractivity contribution in [3.05, 3.63) is 29.8 Å². The maximum Gasteiger partial charge on any atom is 0.224 e. The first kappa shape index (κ1) is 14.4. The molecule has 2 aliphatic rings. The molecule has 114 valence electrons. The van der Waals surface area contributed by atoms with Crippen LogP contribution in [0.2, 0.25) is 0 Å². The van der Waals surface area contributed by atoms with E-state index in [4.69, 9.17) is 5.73 Å². The Labute approximate surface area is 126 Å². The minimum Gasteiger partial charge on any atom is -0.370 e. The number of fused-ring (bicyclic) bond motifs is 1. The summed E-state index contributed by atoms with van der Waals surface area (Å²) < 4.78 is 0. The van der Waals surface area contributed by atoms with Gasteiger partial charge >= 0.3 is 0 Å². The van der Waals surface area contributed by atoms with Gasteiger partial charge < -0.3 is 15.5 Å². The molecular formula is C17H25N3O. The predicted octanol–water partition coefficient (Wildman–Crippen LogP) is 1.78. The lowest BCUT2D eigenvalue weighted by molar-refractivity contribution is -0.131. The number of hydrogen-bond donors (Lipinski definition) is 1. The van der Waals surface area contributed by atoms with Crippen LogP contribution in [0.3, 0.4) is 0 Å². The normalized spacial score (nSPS) is 22.0. The average Bonchev–Trinajstić information content (AvgIpc) is 2.78. The van der Waals surface area contributed by atoms with Crippen molar-refractivity contribution in [2.24, 2.45) is 5.73 Å². The molecule has 1 amide bonds. The van der Waals surface area contributed by atoms with E-state index in [2.05, 4.69) is 29.2 Å². The first-order chi connectivity index (χ1) is 10.2. The number of benzene rings is 1. The second-order valence-corrected chi connectivity index (χ2v) is 6.21. The third-order valence-electron chi connectivity index (χ3n) is 4.64. The van der Waals surface area contributed by atoms with Crippen LogP contribution in [0.5, 0.6) is 0 Å². The lowest BCUT2D eigenvalue weighted by atomic mass is 10.1. The standard InChI is InChI=1S/C17H25N3O/c18-15-6-3-4-10-20(13-15)17(21)9-12-19-11-8-14-5-1-2-7-16(14)19/h1-2,5,7,15H,3-4,6,8-13,18H2. The Balaban J connectivity index is 1.54. The number of likely N-dealkylation sites (tertiary alicyclic amines) is 1. The summed E-state index contributed by atoms with van der Waals surface area (Å²) in [5, 5.41) is 0. The van der Waals surface area contributed by atoms with Crippen LogP contribution in [0.25, 0.3) is 0 Å². The summed E-state index contributed by atoms with van der Waals surface area (Å²) >= 11 is 0. The molecule has 0 saturated carbocycles. The number of para-hydroxylation sites is 1. The van der Waals surface area contributed by atoms with Crippen molar-refractivity contribution in [2.75, 3.05) is 31.1 Å². The minimum absolute atomic E-state index is 0.156. The van der Waals surface area contributed by atoms with E-state index >= 15 is 0 Å². The summed E-state index contributed by atoms with van der Waals surface area (Å²) in [7, 11) is 0. The van der Waals surface area contributed by atoms with Crippen LogP contribution in [-0.4, -0.2) is 43.0 Å². The van der Waals surface area contributed by atoms with Gasteiger partial charge in [-0.2, -0.15) is 0 Å². The van der Waals surface area contributed by atoms with Crippen molar-refractivity contribution in [1.82, 2.24) is 4.90 Å². The van der Waals surface area contributed by atoms with Crippen LogP contribution in [-0.2, 0) is 11.2 Å². The van der Waals surface area contributed by atoms with Crippen molar-refractivity contribution in [3.63, 3.8) is 0 Å². The summed E-state index contributed by atoms with van der Waals surface area (Å²) in [5.41, 5.74) is 8.75. The molecule has 0 spiro atoms. The van der Waals surface area contributed by atoms with Crippen molar-refractivity contribution in [1.29, 1.82) is 0 Å².